The molecule has 2 aromatic rings. The van der Waals surface area contributed by atoms with Crippen LogP contribution in [0.5, 0.6) is 5.75 Å². The van der Waals surface area contributed by atoms with E-state index in [1.807, 2.05) is 24.3 Å². The van der Waals surface area contributed by atoms with Crippen molar-refractivity contribution in [3.8, 4) is 5.75 Å². The van der Waals surface area contributed by atoms with Gasteiger partial charge in [-0.25, -0.2) is 9.78 Å². The SMILES string of the molecule is COC(=O)c1cccc(C(=O)NCCc2ccccc2OC)n1. The summed E-state index contributed by atoms with van der Waals surface area (Å²) >= 11 is 0. The maximum Gasteiger partial charge on any atom is 0.356 e. The highest BCUT2D eigenvalue weighted by Gasteiger charge is 2.12. The maximum absolute atomic E-state index is 12.1. The van der Waals surface area contributed by atoms with E-state index in [0.29, 0.717) is 13.0 Å². The molecule has 0 saturated heterocycles. The smallest absolute Gasteiger partial charge is 0.356 e. The number of hydrogen-bond acceptors (Lipinski definition) is 5. The second-order valence-corrected chi connectivity index (χ2v) is 4.72. The Labute approximate surface area is 134 Å². The predicted molar refractivity (Wildman–Crippen MR) is 84.6 cm³/mol. The number of nitrogens with zero attached hydrogens (tertiary/aromatic N) is 1. The number of methoxy groups -OCH3 is 2. The van der Waals surface area contributed by atoms with Crippen LogP contribution in [0.3, 0.4) is 0 Å². The van der Waals surface area contributed by atoms with Gasteiger partial charge < -0.3 is 14.8 Å². The molecule has 0 aliphatic rings. The molecule has 0 saturated carbocycles. The zero-order chi connectivity index (χ0) is 16.7. The molecule has 0 radical (unpaired) electrons. The maximum atomic E-state index is 12.1. The highest BCUT2D eigenvalue weighted by Crippen LogP contribution is 2.17. The molecule has 6 nitrogen and oxygen atoms in total. The highest BCUT2D eigenvalue weighted by atomic mass is 16.5. The zero-order valence-corrected chi connectivity index (χ0v) is 13.0. The van der Waals surface area contributed by atoms with Crippen molar-refractivity contribution in [3.63, 3.8) is 0 Å². The number of carbonyl (C=O) groups excluding carboxylic acids is 2. The van der Waals surface area contributed by atoms with Crippen LogP contribution in [0.4, 0.5) is 0 Å². The van der Waals surface area contributed by atoms with Gasteiger partial charge in [-0.2, -0.15) is 0 Å². The second-order valence-electron chi connectivity index (χ2n) is 4.72. The third-order valence-electron chi connectivity index (χ3n) is 3.25. The van der Waals surface area contributed by atoms with E-state index in [0.717, 1.165) is 11.3 Å². The Morgan fingerprint density at radius 3 is 2.52 bits per heavy atom. The Morgan fingerprint density at radius 1 is 1.04 bits per heavy atom. The van der Waals surface area contributed by atoms with Gasteiger partial charge in [0, 0.05) is 6.54 Å². The van der Waals surface area contributed by atoms with E-state index >= 15 is 0 Å². The van der Waals surface area contributed by atoms with E-state index < -0.39 is 5.97 Å². The van der Waals surface area contributed by atoms with Gasteiger partial charge in [-0.3, -0.25) is 4.79 Å². The van der Waals surface area contributed by atoms with E-state index in [2.05, 4.69) is 15.0 Å². The van der Waals surface area contributed by atoms with E-state index in [9.17, 15) is 9.59 Å². The minimum Gasteiger partial charge on any atom is -0.496 e. The van der Waals surface area contributed by atoms with Crippen molar-refractivity contribution in [3.05, 3.63) is 59.4 Å². The summed E-state index contributed by atoms with van der Waals surface area (Å²) in [7, 11) is 2.88. The summed E-state index contributed by atoms with van der Waals surface area (Å²) in [6.45, 7) is 0.434. The molecule has 1 N–H and O–H groups in total. The van der Waals surface area contributed by atoms with Crippen LogP contribution in [0.2, 0.25) is 0 Å². The molecule has 0 bridgehead atoms. The Morgan fingerprint density at radius 2 is 1.78 bits per heavy atom. The molecular weight excluding hydrogens is 296 g/mol. The minimum absolute atomic E-state index is 0.102. The first-order valence-electron chi connectivity index (χ1n) is 7.11. The summed E-state index contributed by atoms with van der Waals surface area (Å²) in [5.74, 6) is -0.133. The van der Waals surface area contributed by atoms with Crippen LogP contribution in [0.1, 0.15) is 26.5 Å². The number of esters is 1. The summed E-state index contributed by atoms with van der Waals surface area (Å²) in [6.07, 6.45) is 0.631. The lowest BCUT2D eigenvalue weighted by Crippen LogP contribution is -2.27. The third-order valence-corrected chi connectivity index (χ3v) is 3.25. The number of amides is 1. The van der Waals surface area contributed by atoms with Crippen molar-refractivity contribution in [2.24, 2.45) is 0 Å². The largest absolute Gasteiger partial charge is 0.496 e. The van der Waals surface area contributed by atoms with Crippen molar-refractivity contribution < 1.29 is 19.1 Å². The molecule has 1 aromatic heterocycles. The van der Waals surface area contributed by atoms with Crippen LogP contribution in [-0.2, 0) is 11.2 Å². The standard InChI is InChI=1S/C17H18N2O4/c1-22-15-9-4-3-6-12(15)10-11-18-16(20)13-7-5-8-14(19-13)17(21)23-2/h3-9H,10-11H2,1-2H3,(H,18,20). The lowest BCUT2D eigenvalue weighted by Gasteiger charge is -2.09. The fourth-order valence-corrected chi connectivity index (χ4v) is 2.09. The number of para-hydroxylation sites is 1. The average Bonchev–Trinajstić information content (AvgIpc) is 2.61. The van der Waals surface area contributed by atoms with Crippen LogP contribution in [0.25, 0.3) is 0 Å². The normalized spacial score (nSPS) is 10.0. The van der Waals surface area contributed by atoms with Crippen molar-refractivity contribution in [2.45, 2.75) is 6.42 Å². The Hall–Kier alpha value is -2.89. The van der Waals surface area contributed by atoms with E-state index in [1.165, 1.54) is 13.2 Å². The first-order valence-corrected chi connectivity index (χ1v) is 7.11. The number of carbonyl (C=O) groups is 2. The third kappa shape index (κ3) is 4.29. The van der Waals surface area contributed by atoms with Crippen molar-refractivity contribution in [1.29, 1.82) is 0 Å². The number of pyridine rings is 1. The first-order chi connectivity index (χ1) is 11.2. The molecule has 6 heteroatoms. The average molecular weight is 314 g/mol. The van der Waals surface area contributed by atoms with E-state index in [4.69, 9.17) is 4.74 Å². The summed E-state index contributed by atoms with van der Waals surface area (Å²) in [5, 5.41) is 2.77. The Kier molecular flexibility index (Phi) is 5.68. The van der Waals surface area contributed by atoms with Crippen LogP contribution in [0, 0.1) is 0 Å². The molecule has 1 heterocycles. The lowest BCUT2D eigenvalue weighted by molar-refractivity contribution is 0.0594. The molecule has 2 rings (SSSR count). The van der Waals surface area contributed by atoms with Crippen molar-refractivity contribution >= 4 is 11.9 Å². The Bertz CT molecular complexity index is 700. The fourth-order valence-electron chi connectivity index (χ4n) is 2.09. The van der Waals surface area contributed by atoms with Gasteiger partial charge in [0.15, 0.2) is 0 Å². The predicted octanol–water partition coefficient (Wildman–Crippen LogP) is 1.85. The fraction of sp³-hybridized carbons (Fsp3) is 0.235. The summed E-state index contributed by atoms with van der Waals surface area (Å²) in [6, 6.07) is 12.3. The van der Waals surface area contributed by atoms with Crippen LogP contribution in [0.15, 0.2) is 42.5 Å². The molecule has 0 aliphatic carbocycles. The van der Waals surface area contributed by atoms with Gasteiger partial charge in [0.25, 0.3) is 5.91 Å². The zero-order valence-electron chi connectivity index (χ0n) is 13.0. The van der Waals surface area contributed by atoms with Crippen LogP contribution < -0.4 is 10.1 Å². The molecule has 0 unspecified atom stereocenters. The molecule has 0 spiro atoms. The van der Waals surface area contributed by atoms with Gasteiger partial charge in [-0.1, -0.05) is 24.3 Å². The van der Waals surface area contributed by atoms with Gasteiger partial charge in [0.05, 0.1) is 14.2 Å². The molecule has 1 aromatic carbocycles. The van der Waals surface area contributed by atoms with Gasteiger partial charge >= 0.3 is 5.97 Å². The quantitative estimate of drug-likeness (QED) is 0.823. The monoisotopic (exact) mass is 314 g/mol. The molecule has 1 amide bonds. The lowest BCUT2D eigenvalue weighted by atomic mass is 10.1. The minimum atomic E-state index is -0.575. The topological polar surface area (TPSA) is 77.5 Å². The van der Waals surface area contributed by atoms with Crippen molar-refractivity contribution in [2.75, 3.05) is 20.8 Å². The van der Waals surface area contributed by atoms with E-state index in [-0.39, 0.29) is 17.3 Å². The first kappa shape index (κ1) is 16.5. The highest BCUT2D eigenvalue weighted by molar-refractivity contribution is 5.94. The number of rotatable bonds is 6. The van der Waals surface area contributed by atoms with E-state index in [1.54, 1.807) is 19.2 Å². The van der Waals surface area contributed by atoms with Gasteiger partial charge in [0.1, 0.15) is 17.1 Å². The summed E-state index contributed by atoms with van der Waals surface area (Å²) in [4.78, 5) is 27.5. The number of ether oxygens (including phenoxy) is 2. The van der Waals surface area contributed by atoms with Crippen LogP contribution >= 0.6 is 0 Å². The molecular formula is C17H18N2O4. The second kappa shape index (κ2) is 7.93. The molecule has 0 atom stereocenters. The Balaban J connectivity index is 1.96. The molecule has 120 valence electrons. The summed E-state index contributed by atoms with van der Waals surface area (Å²) in [5.41, 5.74) is 1.28. The van der Waals surface area contributed by atoms with Gasteiger partial charge in [-0.05, 0) is 30.2 Å². The molecule has 0 fully saturated rings. The van der Waals surface area contributed by atoms with Gasteiger partial charge in [0.2, 0.25) is 0 Å². The number of benzene rings is 1. The number of nitrogens with one attached hydrogen (secondary N) is 1. The number of hydrogen-bond donors (Lipinski definition) is 1. The van der Waals surface area contributed by atoms with Crippen LogP contribution in [-0.4, -0.2) is 37.6 Å². The number of aromatic nitrogens is 1. The van der Waals surface area contributed by atoms with Gasteiger partial charge in [-0.15, -0.1) is 0 Å². The van der Waals surface area contributed by atoms with Crippen molar-refractivity contribution in [1.82, 2.24) is 10.3 Å². The molecule has 23 heavy (non-hydrogen) atoms. The molecule has 0 aliphatic heterocycles. The summed E-state index contributed by atoms with van der Waals surface area (Å²) < 4.78 is 9.85.